The maximum Gasteiger partial charge on any atom is 0.313 e. The molecule has 1 aliphatic heterocycles. The van der Waals surface area contributed by atoms with Crippen molar-refractivity contribution in [3.05, 3.63) is 53.7 Å². The van der Waals surface area contributed by atoms with Crippen LogP contribution in [0.4, 0.5) is 0 Å². The molecule has 0 spiro atoms. The zero-order chi connectivity index (χ0) is 18.7. The van der Waals surface area contributed by atoms with Crippen LogP contribution in [0.1, 0.15) is 22.5 Å². The van der Waals surface area contributed by atoms with Crippen molar-refractivity contribution in [2.45, 2.75) is 13.3 Å². The van der Waals surface area contributed by atoms with Gasteiger partial charge in [-0.1, -0.05) is 30.3 Å². The van der Waals surface area contributed by atoms with Gasteiger partial charge in [0.2, 0.25) is 0 Å². The summed E-state index contributed by atoms with van der Waals surface area (Å²) in [6, 6.07) is 13.4. The Morgan fingerprint density at radius 1 is 1.23 bits per heavy atom. The number of aliphatic carboxylic acids is 1. The van der Waals surface area contributed by atoms with E-state index in [2.05, 4.69) is 4.98 Å². The minimum atomic E-state index is -1.03. The van der Waals surface area contributed by atoms with Crippen LogP contribution in [0.5, 0.6) is 0 Å². The fourth-order valence-corrected chi connectivity index (χ4v) is 3.40. The molecule has 1 aliphatic rings. The Morgan fingerprint density at radius 3 is 2.58 bits per heavy atom. The lowest BCUT2D eigenvalue weighted by molar-refractivity contribution is -0.151. The second kappa shape index (κ2) is 7.25. The molecule has 0 aliphatic carbocycles. The number of carbonyl (C=O) groups is 2. The quantitative estimate of drug-likeness (QED) is 0.893. The molecule has 2 aromatic rings. The Kier molecular flexibility index (Phi) is 5.04. The van der Waals surface area contributed by atoms with Crippen LogP contribution in [0.3, 0.4) is 0 Å². The molecule has 6 heteroatoms. The molecule has 1 saturated heterocycles. The zero-order valence-corrected chi connectivity index (χ0v) is 14.9. The van der Waals surface area contributed by atoms with Gasteiger partial charge in [0.1, 0.15) is 5.41 Å². The number of aromatic nitrogens is 1. The van der Waals surface area contributed by atoms with Crippen molar-refractivity contribution < 1.29 is 19.4 Å². The summed E-state index contributed by atoms with van der Waals surface area (Å²) in [7, 11) is 1.48. The number of pyridine rings is 1. The normalized spacial score (nSPS) is 19.5. The molecule has 1 N–H and O–H groups in total. The van der Waals surface area contributed by atoms with Gasteiger partial charge < -0.3 is 14.7 Å². The molecule has 0 radical (unpaired) electrons. The number of carboxylic acid groups (broad SMARTS) is 1. The van der Waals surface area contributed by atoms with Crippen molar-refractivity contribution in [2.24, 2.45) is 5.41 Å². The summed E-state index contributed by atoms with van der Waals surface area (Å²) >= 11 is 0. The summed E-state index contributed by atoms with van der Waals surface area (Å²) in [5, 5.41) is 9.55. The molecule has 1 fully saturated rings. The summed E-state index contributed by atoms with van der Waals surface area (Å²) in [5.74, 6) is -1.11. The standard InChI is InChI=1S/C20H22N2O4/c1-14-16(8-9-17(21-14)15-6-4-3-5-7-15)18(23)22-11-10-20(12-22,13-26-2)19(24)25/h3-9H,10-13H2,1-2H3,(H,24,25). The van der Waals surface area contributed by atoms with Crippen LogP contribution in [0.2, 0.25) is 0 Å². The van der Waals surface area contributed by atoms with E-state index in [1.54, 1.807) is 17.9 Å². The number of carbonyl (C=O) groups excluding carboxylic acids is 1. The smallest absolute Gasteiger partial charge is 0.313 e. The molecule has 1 aromatic carbocycles. The minimum absolute atomic E-state index is 0.0935. The molecule has 2 heterocycles. The van der Waals surface area contributed by atoms with Crippen LogP contribution in [-0.4, -0.2) is 53.7 Å². The number of hydrogen-bond donors (Lipinski definition) is 1. The Hall–Kier alpha value is -2.73. The van der Waals surface area contributed by atoms with Gasteiger partial charge in [-0.15, -0.1) is 0 Å². The van der Waals surface area contributed by atoms with E-state index in [0.717, 1.165) is 11.3 Å². The fraction of sp³-hybridized carbons (Fsp3) is 0.350. The Balaban J connectivity index is 1.82. The van der Waals surface area contributed by atoms with Crippen molar-refractivity contribution in [3.8, 4) is 11.3 Å². The van der Waals surface area contributed by atoms with E-state index in [9.17, 15) is 14.7 Å². The predicted octanol–water partition coefficient (Wildman–Crippen LogP) is 2.62. The van der Waals surface area contributed by atoms with Crippen molar-refractivity contribution in [1.82, 2.24) is 9.88 Å². The second-order valence-electron chi connectivity index (χ2n) is 6.69. The molecule has 1 unspecified atom stereocenters. The molecule has 3 rings (SSSR count). The molecule has 136 valence electrons. The second-order valence-corrected chi connectivity index (χ2v) is 6.69. The van der Waals surface area contributed by atoms with E-state index in [1.807, 2.05) is 36.4 Å². The summed E-state index contributed by atoms with van der Waals surface area (Å²) in [6.07, 6.45) is 0.385. The molecule has 6 nitrogen and oxygen atoms in total. The van der Waals surface area contributed by atoms with Gasteiger partial charge in [0.05, 0.1) is 23.6 Å². The Bertz CT molecular complexity index is 822. The van der Waals surface area contributed by atoms with Crippen LogP contribution in [0, 0.1) is 12.3 Å². The first-order valence-electron chi connectivity index (χ1n) is 8.51. The highest BCUT2D eigenvalue weighted by molar-refractivity contribution is 5.96. The highest BCUT2D eigenvalue weighted by atomic mass is 16.5. The molecule has 1 aromatic heterocycles. The van der Waals surface area contributed by atoms with E-state index >= 15 is 0 Å². The number of carboxylic acids is 1. The van der Waals surface area contributed by atoms with Gasteiger partial charge in [-0.3, -0.25) is 14.6 Å². The van der Waals surface area contributed by atoms with Crippen LogP contribution in [0.15, 0.2) is 42.5 Å². The topological polar surface area (TPSA) is 79.7 Å². The number of benzene rings is 1. The van der Waals surface area contributed by atoms with Crippen molar-refractivity contribution >= 4 is 11.9 Å². The Morgan fingerprint density at radius 2 is 1.96 bits per heavy atom. The van der Waals surface area contributed by atoms with Crippen LogP contribution in [-0.2, 0) is 9.53 Å². The third-order valence-corrected chi connectivity index (χ3v) is 4.90. The van der Waals surface area contributed by atoms with E-state index in [4.69, 9.17) is 4.74 Å². The van der Waals surface area contributed by atoms with E-state index < -0.39 is 11.4 Å². The maximum atomic E-state index is 12.9. The average Bonchev–Trinajstić information content (AvgIpc) is 3.08. The van der Waals surface area contributed by atoms with Crippen molar-refractivity contribution in [3.63, 3.8) is 0 Å². The average molecular weight is 354 g/mol. The van der Waals surface area contributed by atoms with Crippen molar-refractivity contribution in [2.75, 3.05) is 26.8 Å². The first-order chi connectivity index (χ1) is 12.5. The number of likely N-dealkylation sites (tertiary alicyclic amines) is 1. The Labute approximate surface area is 152 Å². The van der Waals surface area contributed by atoms with Gasteiger partial charge in [-0.2, -0.15) is 0 Å². The first kappa shape index (κ1) is 18.1. The third-order valence-electron chi connectivity index (χ3n) is 4.90. The SMILES string of the molecule is COCC1(C(=O)O)CCN(C(=O)c2ccc(-c3ccccc3)nc2C)C1. The maximum absolute atomic E-state index is 12.9. The van der Waals surface area contributed by atoms with Gasteiger partial charge in [0, 0.05) is 25.8 Å². The number of amides is 1. The number of aryl methyl sites for hydroxylation is 1. The number of nitrogens with zero attached hydrogens (tertiary/aromatic N) is 2. The molecule has 26 heavy (non-hydrogen) atoms. The van der Waals surface area contributed by atoms with Crippen molar-refractivity contribution in [1.29, 1.82) is 0 Å². The number of methoxy groups -OCH3 is 1. The summed E-state index contributed by atoms with van der Waals surface area (Å²) in [6.45, 7) is 2.44. The molecular weight excluding hydrogens is 332 g/mol. The molecule has 1 atom stereocenters. The number of rotatable bonds is 5. The fourth-order valence-electron chi connectivity index (χ4n) is 3.40. The van der Waals surface area contributed by atoms with Crippen LogP contribution >= 0.6 is 0 Å². The largest absolute Gasteiger partial charge is 0.481 e. The molecule has 0 bridgehead atoms. The number of ether oxygens (including phenoxy) is 1. The number of hydrogen-bond acceptors (Lipinski definition) is 4. The molecule has 0 saturated carbocycles. The van der Waals surface area contributed by atoms with Gasteiger partial charge in [0.15, 0.2) is 0 Å². The first-order valence-corrected chi connectivity index (χ1v) is 8.51. The third kappa shape index (κ3) is 3.32. The predicted molar refractivity (Wildman–Crippen MR) is 96.9 cm³/mol. The highest BCUT2D eigenvalue weighted by Crippen LogP contribution is 2.32. The molecular formula is C20H22N2O4. The van der Waals surface area contributed by atoms with E-state index in [1.165, 1.54) is 7.11 Å². The van der Waals surface area contributed by atoms with Crippen LogP contribution in [0.25, 0.3) is 11.3 Å². The van der Waals surface area contributed by atoms with E-state index in [0.29, 0.717) is 24.2 Å². The van der Waals surface area contributed by atoms with Gasteiger partial charge in [-0.25, -0.2) is 0 Å². The lowest BCUT2D eigenvalue weighted by Gasteiger charge is -2.24. The van der Waals surface area contributed by atoms with Gasteiger partial charge in [0.25, 0.3) is 5.91 Å². The lowest BCUT2D eigenvalue weighted by atomic mass is 9.88. The minimum Gasteiger partial charge on any atom is -0.481 e. The highest BCUT2D eigenvalue weighted by Gasteiger charge is 2.46. The lowest BCUT2D eigenvalue weighted by Crippen LogP contribution is -2.40. The summed E-state index contributed by atoms with van der Waals surface area (Å²) in [4.78, 5) is 30.7. The summed E-state index contributed by atoms with van der Waals surface area (Å²) in [5.41, 5.74) is 1.90. The monoisotopic (exact) mass is 354 g/mol. The van der Waals surface area contributed by atoms with E-state index in [-0.39, 0.29) is 19.1 Å². The summed E-state index contributed by atoms with van der Waals surface area (Å²) < 4.78 is 5.08. The zero-order valence-electron chi connectivity index (χ0n) is 14.9. The molecule has 1 amide bonds. The van der Waals surface area contributed by atoms with Crippen LogP contribution < -0.4 is 0 Å². The van der Waals surface area contributed by atoms with Gasteiger partial charge in [-0.05, 0) is 25.5 Å². The van der Waals surface area contributed by atoms with Gasteiger partial charge >= 0.3 is 5.97 Å².